The van der Waals surface area contributed by atoms with Crippen LogP contribution in [0.5, 0.6) is 0 Å². The van der Waals surface area contributed by atoms with Gasteiger partial charge in [-0.15, -0.1) is 0 Å². The van der Waals surface area contributed by atoms with Gasteiger partial charge in [0.25, 0.3) is 0 Å². The van der Waals surface area contributed by atoms with Crippen molar-refractivity contribution < 1.29 is 9.90 Å². The molecule has 1 saturated heterocycles. The Hall–Kier alpha value is -2.74. The average Bonchev–Trinajstić information content (AvgIpc) is 3.21. The number of nitrogens with one attached hydrogen (secondary N) is 1. The molecule has 2 atom stereocenters. The molecule has 1 fully saturated rings. The highest BCUT2D eigenvalue weighted by molar-refractivity contribution is 6.31. The van der Waals surface area contributed by atoms with Crippen molar-refractivity contribution in [2.75, 3.05) is 6.54 Å². The normalized spacial score (nSPS) is 20.7. The van der Waals surface area contributed by atoms with Crippen LogP contribution in [0.25, 0.3) is 0 Å². The minimum atomic E-state index is -1.10. The number of benzene rings is 2. The molecule has 0 bridgehead atoms. The van der Waals surface area contributed by atoms with Crippen LogP contribution < -0.4 is 5.32 Å². The molecule has 1 aromatic heterocycles. The van der Waals surface area contributed by atoms with E-state index in [9.17, 15) is 9.90 Å². The van der Waals surface area contributed by atoms with Gasteiger partial charge in [0, 0.05) is 23.5 Å². The van der Waals surface area contributed by atoms with E-state index in [1.165, 1.54) is 0 Å². The van der Waals surface area contributed by atoms with Crippen LogP contribution in [0.4, 0.5) is 0 Å². The Morgan fingerprint density at radius 3 is 2.62 bits per heavy atom. The first-order chi connectivity index (χ1) is 16.1. The number of carbonyl (C=O) groups is 1. The molecule has 2 aromatic carbocycles. The molecule has 2 heterocycles. The molecule has 4 rings (SSSR count). The van der Waals surface area contributed by atoms with E-state index in [2.05, 4.69) is 15.5 Å². The predicted molar refractivity (Wildman–Crippen MR) is 132 cm³/mol. The molecule has 0 saturated carbocycles. The summed E-state index contributed by atoms with van der Waals surface area (Å²) in [5, 5.41) is 23.6. The van der Waals surface area contributed by atoms with E-state index >= 15 is 0 Å². The minimum absolute atomic E-state index is 0.188. The zero-order chi connectivity index (χ0) is 24.5. The number of aromatic nitrogens is 3. The van der Waals surface area contributed by atoms with Gasteiger partial charge in [0.05, 0.1) is 12.7 Å². The van der Waals surface area contributed by atoms with Crippen LogP contribution in [-0.4, -0.2) is 49.2 Å². The van der Waals surface area contributed by atoms with E-state index in [0.717, 1.165) is 16.7 Å². The third-order valence-electron chi connectivity index (χ3n) is 6.15. The molecule has 34 heavy (non-hydrogen) atoms. The second-order valence-electron chi connectivity index (χ2n) is 10.0. The largest absolute Gasteiger partial charge is 0.378 e. The lowest BCUT2D eigenvalue weighted by molar-refractivity contribution is -0.194. The maximum absolute atomic E-state index is 13.6. The monoisotopic (exact) mass is 481 g/mol. The van der Waals surface area contributed by atoms with E-state index in [0.29, 0.717) is 30.2 Å². The molecule has 0 radical (unpaired) electrons. The lowest BCUT2D eigenvalue weighted by Crippen LogP contribution is -2.71. The number of rotatable bonds is 7. The van der Waals surface area contributed by atoms with Crippen molar-refractivity contribution in [2.24, 2.45) is 0 Å². The number of likely N-dealkylation sites (tertiary alicyclic amines) is 1. The summed E-state index contributed by atoms with van der Waals surface area (Å²) in [6, 6.07) is 15.9. The molecule has 2 N–H and O–H groups in total. The molecular formula is C26H32ClN5O2. The fourth-order valence-corrected chi connectivity index (χ4v) is 4.74. The zero-order valence-electron chi connectivity index (χ0n) is 20.1. The molecule has 1 aliphatic heterocycles. The van der Waals surface area contributed by atoms with Crippen LogP contribution in [-0.2, 0) is 23.3 Å². The Labute approximate surface area is 205 Å². The third-order valence-corrected chi connectivity index (χ3v) is 6.50. The number of aliphatic hydroxyl groups is 1. The van der Waals surface area contributed by atoms with E-state index in [1.54, 1.807) is 15.9 Å². The molecule has 180 valence electrons. The zero-order valence-corrected chi connectivity index (χ0v) is 20.9. The number of carbonyl (C=O) groups excluding carboxylic acids is 1. The van der Waals surface area contributed by atoms with E-state index in [4.69, 9.17) is 11.6 Å². The molecule has 7 nitrogen and oxygen atoms in total. The summed E-state index contributed by atoms with van der Waals surface area (Å²) >= 11 is 6.44. The summed E-state index contributed by atoms with van der Waals surface area (Å²) in [5.41, 5.74) is 2.13. The Morgan fingerprint density at radius 1 is 1.24 bits per heavy atom. The van der Waals surface area contributed by atoms with Gasteiger partial charge in [-0.2, -0.15) is 15.0 Å². The summed E-state index contributed by atoms with van der Waals surface area (Å²) in [5.74, 6) is -0.188. The second kappa shape index (κ2) is 9.49. The van der Waals surface area contributed by atoms with Gasteiger partial charge in [0.15, 0.2) is 5.54 Å². The first kappa shape index (κ1) is 24.4. The van der Waals surface area contributed by atoms with Crippen molar-refractivity contribution in [3.63, 3.8) is 0 Å². The van der Waals surface area contributed by atoms with Crippen molar-refractivity contribution >= 4 is 17.5 Å². The summed E-state index contributed by atoms with van der Waals surface area (Å²) in [6.07, 6.45) is 1.73. The second-order valence-corrected chi connectivity index (χ2v) is 10.4. The third kappa shape index (κ3) is 5.02. The van der Waals surface area contributed by atoms with Crippen molar-refractivity contribution in [1.82, 2.24) is 25.2 Å². The van der Waals surface area contributed by atoms with Gasteiger partial charge in [-0.05, 0) is 56.9 Å². The van der Waals surface area contributed by atoms with Crippen molar-refractivity contribution in [3.8, 4) is 0 Å². The number of hydrogen-bond acceptors (Lipinski definition) is 5. The maximum atomic E-state index is 13.6. The van der Waals surface area contributed by atoms with Crippen LogP contribution >= 0.6 is 11.6 Å². The van der Waals surface area contributed by atoms with E-state index < -0.39 is 17.3 Å². The molecule has 1 amide bonds. The summed E-state index contributed by atoms with van der Waals surface area (Å²) < 4.78 is 0. The fourth-order valence-electron chi connectivity index (χ4n) is 4.41. The first-order valence-corrected chi connectivity index (χ1v) is 11.9. The number of aliphatic hydroxyl groups excluding tert-OH is 1. The first-order valence-electron chi connectivity index (χ1n) is 11.6. The van der Waals surface area contributed by atoms with Crippen LogP contribution in [0.1, 0.15) is 49.6 Å². The summed E-state index contributed by atoms with van der Waals surface area (Å²) in [4.78, 5) is 17.0. The van der Waals surface area contributed by atoms with Gasteiger partial charge in [0.1, 0.15) is 11.9 Å². The number of amides is 1. The Morgan fingerprint density at radius 2 is 1.97 bits per heavy atom. The quantitative estimate of drug-likeness (QED) is 0.538. The Balaban J connectivity index is 1.62. The lowest BCUT2D eigenvalue weighted by Gasteiger charge is -2.54. The Kier molecular flexibility index (Phi) is 6.80. The topological polar surface area (TPSA) is 83.3 Å². The van der Waals surface area contributed by atoms with Crippen LogP contribution in [0.3, 0.4) is 0 Å². The summed E-state index contributed by atoms with van der Waals surface area (Å²) in [7, 11) is 0. The van der Waals surface area contributed by atoms with Gasteiger partial charge in [0.2, 0.25) is 5.91 Å². The Bertz CT molecular complexity index is 1160. The van der Waals surface area contributed by atoms with Crippen molar-refractivity contribution in [2.45, 2.75) is 64.4 Å². The fraction of sp³-hybridized carbons (Fsp3) is 0.423. The number of hydrogen-bond donors (Lipinski definition) is 2. The highest BCUT2D eigenvalue weighted by Crippen LogP contribution is 2.44. The molecule has 0 aliphatic carbocycles. The van der Waals surface area contributed by atoms with Crippen molar-refractivity contribution in [1.29, 1.82) is 0 Å². The number of nitrogens with zero attached hydrogens (tertiary/aromatic N) is 4. The lowest BCUT2D eigenvalue weighted by atomic mass is 9.78. The molecule has 3 aromatic rings. The minimum Gasteiger partial charge on any atom is -0.378 e. The predicted octanol–water partition coefficient (Wildman–Crippen LogP) is 3.67. The molecule has 8 heteroatoms. The number of halogens is 1. The van der Waals surface area contributed by atoms with Crippen LogP contribution in [0, 0.1) is 6.92 Å². The smallest absolute Gasteiger partial charge is 0.247 e. The molecule has 0 spiro atoms. The number of aryl methyl sites for hydroxylation is 1. The van der Waals surface area contributed by atoms with Crippen LogP contribution in [0.15, 0.2) is 54.7 Å². The SMILES string of the molecule is Cc1ccc(CCN2C(O)C[C@]2(C(=O)NC(C)(C)C)c2cnn(Cc3ccccc3)n2)c(Cl)c1. The van der Waals surface area contributed by atoms with E-state index in [-0.39, 0.29) is 12.3 Å². The van der Waals surface area contributed by atoms with Crippen molar-refractivity contribution in [3.05, 3.63) is 82.1 Å². The standard InChI is InChI=1S/C26H32ClN5O2/c1-18-10-11-20(21(27)14-18)12-13-31-23(33)15-26(31,24(34)29-25(2,3)4)22-16-28-32(30-22)17-19-8-6-5-7-9-19/h5-11,14,16,23,33H,12-13,15,17H2,1-4H3,(H,29,34)/t23?,26-/m1/s1. The highest BCUT2D eigenvalue weighted by Gasteiger charge is 2.59. The van der Waals surface area contributed by atoms with Gasteiger partial charge in [-0.1, -0.05) is 54.1 Å². The maximum Gasteiger partial charge on any atom is 0.247 e. The average molecular weight is 482 g/mol. The van der Waals surface area contributed by atoms with Gasteiger partial charge in [-0.3, -0.25) is 9.69 Å². The molecule has 1 unspecified atom stereocenters. The molecular weight excluding hydrogens is 450 g/mol. The van der Waals surface area contributed by atoms with Gasteiger partial charge < -0.3 is 10.4 Å². The van der Waals surface area contributed by atoms with Gasteiger partial charge >= 0.3 is 0 Å². The van der Waals surface area contributed by atoms with Gasteiger partial charge in [-0.25, -0.2) is 0 Å². The highest BCUT2D eigenvalue weighted by atomic mass is 35.5. The molecule has 1 aliphatic rings. The van der Waals surface area contributed by atoms with E-state index in [1.807, 2.05) is 76.2 Å². The summed E-state index contributed by atoms with van der Waals surface area (Å²) in [6.45, 7) is 8.77. The van der Waals surface area contributed by atoms with Crippen LogP contribution in [0.2, 0.25) is 5.02 Å².